The van der Waals surface area contributed by atoms with E-state index in [1.54, 1.807) is 23.2 Å². The summed E-state index contributed by atoms with van der Waals surface area (Å²) in [4.78, 5) is 19.5. The van der Waals surface area contributed by atoms with Gasteiger partial charge >= 0.3 is 21.7 Å². The molecule has 0 unspecified atom stereocenters. The number of carbonyl (C=O) groups excluding carboxylic acids is 1. The molecule has 4 rings (SSSR count). The van der Waals surface area contributed by atoms with Gasteiger partial charge in [-0.05, 0) is 68.6 Å². The van der Waals surface area contributed by atoms with Crippen molar-refractivity contribution < 1.29 is 40.0 Å². The molecule has 9 nitrogen and oxygen atoms in total. The van der Waals surface area contributed by atoms with Crippen LogP contribution in [-0.4, -0.2) is 61.3 Å². The normalized spacial score (nSPS) is 16.6. The fourth-order valence-corrected chi connectivity index (χ4v) is 5.95. The first kappa shape index (κ1) is 32.8. The van der Waals surface area contributed by atoms with E-state index in [1.807, 2.05) is 31.4 Å². The Balaban J connectivity index is 1.67. The molecular formula is C29H38F3N3O6SSi. The second kappa shape index (κ2) is 12.1. The Hall–Kier alpha value is -3.10. The molecule has 1 aliphatic rings. The van der Waals surface area contributed by atoms with Crippen LogP contribution in [0.5, 0.6) is 5.75 Å². The lowest BCUT2D eigenvalue weighted by molar-refractivity contribution is -0.0500. The van der Waals surface area contributed by atoms with Crippen molar-refractivity contribution in [2.75, 3.05) is 13.2 Å². The Morgan fingerprint density at radius 3 is 2.40 bits per heavy atom. The lowest BCUT2D eigenvalue weighted by atomic mass is 10.0. The Labute approximate surface area is 251 Å². The first-order chi connectivity index (χ1) is 19.8. The molecule has 14 heteroatoms. The van der Waals surface area contributed by atoms with Gasteiger partial charge < -0.3 is 18.2 Å². The largest absolute Gasteiger partial charge is 0.534 e. The zero-order valence-corrected chi connectivity index (χ0v) is 27.0. The zero-order chi connectivity index (χ0) is 31.8. The molecular weight excluding hydrogens is 603 g/mol. The predicted octanol–water partition coefficient (Wildman–Crippen LogP) is 7.32. The van der Waals surface area contributed by atoms with Crippen molar-refractivity contribution in [1.29, 1.82) is 0 Å². The van der Waals surface area contributed by atoms with Crippen LogP contribution in [-0.2, 0) is 26.3 Å². The second-order valence-electron chi connectivity index (χ2n) is 12.8. The van der Waals surface area contributed by atoms with Crippen LogP contribution < -0.4 is 4.18 Å². The van der Waals surface area contributed by atoms with Crippen LogP contribution in [0.2, 0.25) is 25.7 Å². The number of alkyl halides is 3. The maximum atomic E-state index is 13.0. The maximum absolute atomic E-state index is 13.0. The van der Waals surface area contributed by atoms with E-state index >= 15 is 0 Å². The highest BCUT2D eigenvalue weighted by Crippen LogP contribution is 2.36. The van der Waals surface area contributed by atoms with Gasteiger partial charge in [-0.3, -0.25) is 4.90 Å². The van der Waals surface area contributed by atoms with E-state index in [1.165, 1.54) is 18.2 Å². The number of carbonyl (C=O) groups is 1. The lowest BCUT2D eigenvalue weighted by Crippen LogP contribution is -2.37. The summed E-state index contributed by atoms with van der Waals surface area (Å²) in [7, 11) is -7.12. The molecule has 0 spiro atoms. The van der Waals surface area contributed by atoms with Crippen LogP contribution in [0, 0.1) is 0 Å². The molecule has 1 aromatic heterocycles. The summed E-state index contributed by atoms with van der Waals surface area (Å²) in [6.45, 7) is 13.6. The van der Waals surface area contributed by atoms with E-state index in [0.29, 0.717) is 36.2 Å². The van der Waals surface area contributed by atoms with Crippen molar-refractivity contribution in [3.8, 4) is 17.0 Å². The van der Waals surface area contributed by atoms with E-state index in [4.69, 9.17) is 14.5 Å². The van der Waals surface area contributed by atoms with Gasteiger partial charge in [0.05, 0.1) is 17.9 Å². The van der Waals surface area contributed by atoms with Crippen molar-refractivity contribution >= 4 is 35.1 Å². The van der Waals surface area contributed by atoms with Gasteiger partial charge in [-0.2, -0.15) is 21.6 Å². The van der Waals surface area contributed by atoms with Crippen molar-refractivity contribution in [2.45, 2.75) is 83.2 Å². The summed E-state index contributed by atoms with van der Waals surface area (Å²) in [5.41, 5.74) is -4.67. The number of likely N-dealkylation sites (tertiary alicyclic amines) is 1. The molecule has 0 N–H and O–H groups in total. The van der Waals surface area contributed by atoms with Gasteiger partial charge in [0, 0.05) is 26.8 Å². The molecule has 1 aliphatic heterocycles. The van der Waals surface area contributed by atoms with Gasteiger partial charge in [0.2, 0.25) is 0 Å². The fraction of sp³-hybridized carbons (Fsp3) is 0.517. The fourth-order valence-electron chi connectivity index (χ4n) is 4.74. The zero-order valence-electron chi connectivity index (χ0n) is 25.2. The Morgan fingerprint density at radius 2 is 1.74 bits per heavy atom. The van der Waals surface area contributed by atoms with Crippen molar-refractivity contribution in [3.63, 3.8) is 0 Å². The number of halogens is 3. The molecule has 1 fully saturated rings. The third kappa shape index (κ3) is 8.09. The smallest absolute Gasteiger partial charge is 0.444 e. The van der Waals surface area contributed by atoms with Crippen LogP contribution >= 0.6 is 0 Å². The number of nitrogens with zero attached hydrogens (tertiary/aromatic N) is 3. The highest BCUT2D eigenvalue weighted by Gasteiger charge is 2.48. The van der Waals surface area contributed by atoms with E-state index in [0.717, 1.165) is 23.7 Å². The van der Waals surface area contributed by atoms with Crippen LogP contribution in [0.15, 0.2) is 42.6 Å². The van der Waals surface area contributed by atoms with Gasteiger partial charge in [-0.1, -0.05) is 37.8 Å². The summed E-state index contributed by atoms with van der Waals surface area (Å²) >= 11 is 0. The van der Waals surface area contributed by atoms with Crippen LogP contribution in [0.3, 0.4) is 0 Å². The highest BCUT2D eigenvalue weighted by molar-refractivity contribution is 7.88. The maximum Gasteiger partial charge on any atom is 0.534 e. The van der Waals surface area contributed by atoms with Gasteiger partial charge in [0.15, 0.2) is 0 Å². The number of benzene rings is 2. The molecule has 1 atom stereocenters. The summed E-state index contributed by atoms with van der Waals surface area (Å²) < 4.78 is 79.2. The van der Waals surface area contributed by atoms with Gasteiger partial charge in [-0.15, -0.1) is 0 Å². The van der Waals surface area contributed by atoms with Crippen molar-refractivity contribution in [3.05, 3.63) is 48.4 Å². The van der Waals surface area contributed by atoms with Crippen molar-refractivity contribution in [1.82, 2.24) is 14.5 Å². The molecule has 236 valence electrons. The van der Waals surface area contributed by atoms with E-state index < -0.39 is 41.1 Å². The summed E-state index contributed by atoms with van der Waals surface area (Å²) in [6.07, 6.45) is 2.83. The number of hydrogen-bond donors (Lipinski definition) is 0. The molecule has 0 radical (unpaired) electrons. The first-order valence-electron chi connectivity index (χ1n) is 14.0. The van der Waals surface area contributed by atoms with Crippen molar-refractivity contribution in [2.24, 2.45) is 0 Å². The van der Waals surface area contributed by atoms with E-state index in [2.05, 4.69) is 23.8 Å². The SMILES string of the molecule is CC(C)(C)OC(=O)N1CCC[C@H]1c1ncc(-c2ccc3cc(OS(=O)(=O)C(F)(F)F)ccc3c2)n1COCC[Si](C)(C)C. The quantitative estimate of drug-likeness (QED) is 0.105. The number of rotatable bonds is 9. The minimum Gasteiger partial charge on any atom is -0.444 e. The van der Waals surface area contributed by atoms with Gasteiger partial charge in [-0.25, -0.2) is 9.78 Å². The molecule has 43 heavy (non-hydrogen) atoms. The third-order valence-corrected chi connectivity index (χ3v) is 9.56. The standard InChI is InChI=1S/C29H38F3N3O6SSi/c1-28(2,3)40-27(36)34-13-7-8-24(34)26-33-18-25(35(26)19-39-14-15-43(4,5)6)22-10-9-21-17-23(12-11-20(21)16-22)41-42(37,38)29(30,31)32/h9-12,16-18,24H,7-8,13-15,19H2,1-6H3/t24-/m0/s1. The minimum absolute atomic E-state index is 0.216. The number of aromatic nitrogens is 2. The molecule has 1 amide bonds. The topological polar surface area (TPSA) is 100.0 Å². The number of ether oxygens (including phenoxy) is 2. The Morgan fingerprint density at radius 1 is 1.07 bits per heavy atom. The Kier molecular flexibility index (Phi) is 9.24. The Bertz CT molecular complexity index is 1580. The lowest BCUT2D eigenvalue weighted by Gasteiger charge is -2.29. The van der Waals surface area contributed by atoms with E-state index in [-0.39, 0.29) is 12.8 Å². The molecule has 2 aromatic carbocycles. The number of amides is 1. The molecule has 0 bridgehead atoms. The minimum atomic E-state index is -5.78. The number of fused-ring (bicyclic) bond motifs is 1. The number of imidazole rings is 1. The second-order valence-corrected chi connectivity index (χ2v) is 20.0. The van der Waals surface area contributed by atoms with Crippen LogP contribution in [0.25, 0.3) is 22.0 Å². The third-order valence-electron chi connectivity index (χ3n) is 6.88. The molecule has 0 saturated carbocycles. The summed E-state index contributed by atoms with van der Waals surface area (Å²) in [5.74, 6) is 0.233. The van der Waals surface area contributed by atoms with Crippen LogP contribution in [0.1, 0.15) is 45.5 Å². The van der Waals surface area contributed by atoms with Gasteiger partial charge in [0.1, 0.15) is 23.9 Å². The monoisotopic (exact) mass is 641 g/mol. The first-order valence-corrected chi connectivity index (χ1v) is 19.1. The predicted molar refractivity (Wildman–Crippen MR) is 160 cm³/mol. The van der Waals surface area contributed by atoms with Crippen LogP contribution in [0.4, 0.5) is 18.0 Å². The molecule has 0 aliphatic carbocycles. The molecule has 3 aromatic rings. The molecule has 2 heterocycles. The van der Waals surface area contributed by atoms with E-state index in [9.17, 15) is 26.4 Å². The molecule has 1 saturated heterocycles. The summed E-state index contributed by atoms with van der Waals surface area (Å²) in [5, 5.41) is 1.14. The number of hydrogen-bond acceptors (Lipinski definition) is 7. The summed E-state index contributed by atoms with van der Waals surface area (Å²) in [6, 6.07) is 9.85. The van der Waals surface area contributed by atoms with Gasteiger partial charge in [0.25, 0.3) is 0 Å². The highest BCUT2D eigenvalue weighted by atomic mass is 32.2. The average molecular weight is 642 g/mol. The average Bonchev–Trinajstić information content (AvgIpc) is 3.51.